The van der Waals surface area contributed by atoms with Crippen LogP contribution < -0.4 is 16.8 Å². The summed E-state index contributed by atoms with van der Waals surface area (Å²) in [5.41, 5.74) is 10.7. The van der Waals surface area contributed by atoms with Gasteiger partial charge in [-0.2, -0.15) is 20.1 Å². The van der Waals surface area contributed by atoms with Gasteiger partial charge in [-0.1, -0.05) is 0 Å². The molecule has 106 valence electrons. The summed E-state index contributed by atoms with van der Waals surface area (Å²) in [6.45, 7) is 0.620. The van der Waals surface area contributed by atoms with Gasteiger partial charge in [-0.05, 0) is 18.9 Å². The van der Waals surface area contributed by atoms with Gasteiger partial charge < -0.3 is 16.8 Å². The minimum Gasteiger partial charge on any atom is -0.370 e. The number of anilines is 2. The minimum absolute atomic E-state index is 0.116. The van der Waals surface area contributed by atoms with Crippen LogP contribution in [0.5, 0.6) is 0 Å². The number of aromatic nitrogens is 5. The molecule has 1 amide bonds. The fraction of sp³-hybridized carbons (Fsp3) is 0.364. The molecule has 2 rings (SSSR count). The fourth-order valence-electron chi connectivity index (χ4n) is 1.57. The Morgan fingerprint density at radius 2 is 2.15 bits per heavy atom. The first-order chi connectivity index (χ1) is 9.65. The van der Waals surface area contributed by atoms with Crippen LogP contribution >= 0.6 is 0 Å². The Bertz CT molecular complexity index is 568. The highest BCUT2D eigenvalue weighted by atomic mass is 16.1. The molecule has 2 heterocycles. The Balaban J connectivity index is 1.93. The molecule has 0 bridgehead atoms. The maximum absolute atomic E-state index is 10.6. The van der Waals surface area contributed by atoms with Gasteiger partial charge in [0.25, 0.3) is 5.95 Å². The molecule has 9 nitrogen and oxygen atoms in total. The van der Waals surface area contributed by atoms with Crippen LogP contribution in [0.1, 0.15) is 19.3 Å². The van der Waals surface area contributed by atoms with Crippen molar-refractivity contribution in [1.82, 2.24) is 24.7 Å². The standard InChI is InChI=1S/C11H16N8O/c12-8(20)4-1-2-5-14-10-16-9(13)17-11(18-10)19-7-3-6-15-19/h3,6-7H,1-2,4-5H2,(H2,12,20)(H3,13,14,16,17,18). The molecule has 0 aliphatic heterocycles. The summed E-state index contributed by atoms with van der Waals surface area (Å²) >= 11 is 0. The van der Waals surface area contributed by atoms with E-state index in [2.05, 4.69) is 25.4 Å². The number of primary amides is 1. The van der Waals surface area contributed by atoms with Crippen molar-refractivity contribution in [3.63, 3.8) is 0 Å². The molecular weight excluding hydrogens is 260 g/mol. The van der Waals surface area contributed by atoms with Gasteiger partial charge in [0.05, 0.1) is 0 Å². The first kappa shape index (κ1) is 13.7. The van der Waals surface area contributed by atoms with E-state index in [1.807, 2.05) is 0 Å². The number of nitrogens with two attached hydrogens (primary N) is 2. The molecule has 0 aliphatic rings. The van der Waals surface area contributed by atoms with Crippen molar-refractivity contribution >= 4 is 17.8 Å². The lowest BCUT2D eigenvalue weighted by atomic mass is 10.2. The van der Waals surface area contributed by atoms with Crippen LogP contribution in [0.15, 0.2) is 18.5 Å². The van der Waals surface area contributed by atoms with Gasteiger partial charge in [0.2, 0.25) is 17.8 Å². The molecule has 0 aliphatic carbocycles. The number of carbonyl (C=O) groups excluding carboxylic acids is 1. The molecule has 2 aromatic rings. The zero-order valence-electron chi connectivity index (χ0n) is 10.9. The number of carbonyl (C=O) groups is 1. The molecule has 0 fully saturated rings. The Morgan fingerprint density at radius 1 is 1.30 bits per heavy atom. The lowest BCUT2D eigenvalue weighted by molar-refractivity contribution is -0.118. The molecule has 0 saturated heterocycles. The first-order valence-electron chi connectivity index (χ1n) is 6.19. The number of rotatable bonds is 7. The highest BCUT2D eigenvalue weighted by molar-refractivity contribution is 5.73. The van der Waals surface area contributed by atoms with Crippen molar-refractivity contribution in [2.45, 2.75) is 19.3 Å². The number of nitrogen functional groups attached to an aromatic ring is 1. The topological polar surface area (TPSA) is 138 Å². The zero-order valence-corrected chi connectivity index (χ0v) is 10.9. The maximum atomic E-state index is 10.6. The first-order valence-corrected chi connectivity index (χ1v) is 6.19. The van der Waals surface area contributed by atoms with Crippen LogP contribution in [-0.4, -0.2) is 37.2 Å². The predicted octanol–water partition coefficient (Wildman–Crippen LogP) is -0.293. The summed E-state index contributed by atoms with van der Waals surface area (Å²) in [5, 5.41) is 7.05. The average Bonchev–Trinajstić information content (AvgIpc) is 2.91. The summed E-state index contributed by atoms with van der Waals surface area (Å²) < 4.78 is 1.50. The van der Waals surface area contributed by atoms with E-state index in [1.54, 1.807) is 18.5 Å². The van der Waals surface area contributed by atoms with Crippen LogP contribution in [0.25, 0.3) is 5.95 Å². The monoisotopic (exact) mass is 276 g/mol. The van der Waals surface area contributed by atoms with E-state index in [9.17, 15) is 4.79 Å². The number of nitrogens with one attached hydrogen (secondary N) is 1. The number of hydrogen-bond donors (Lipinski definition) is 3. The van der Waals surface area contributed by atoms with Crippen molar-refractivity contribution < 1.29 is 4.79 Å². The molecule has 0 aromatic carbocycles. The van der Waals surface area contributed by atoms with Gasteiger partial charge >= 0.3 is 0 Å². The number of amides is 1. The summed E-state index contributed by atoms with van der Waals surface area (Å²) in [6, 6.07) is 1.76. The zero-order chi connectivity index (χ0) is 14.4. The van der Waals surface area contributed by atoms with Gasteiger partial charge in [-0.25, -0.2) is 4.68 Å². The summed E-state index contributed by atoms with van der Waals surface area (Å²) in [5.74, 6) is 0.546. The Morgan fingerprint density at radius 3 is 2.85 bits per heavy atom. The molecule has 0 radical (unpaired) electrons. The van der Waals surface area contributed by atoms with Gasteiger partial charge in [-0.15, -0.1) is 0 Å². The van der Waals surface area contributed by atoms with Crippen molar-refractivity contribution in [3.05, 3.63) is 18.5 Å². The van der Waals surface area contributed by atoms with E-state index in [0.717, 1.165) is 12.8 Å². The minimum atomic E-state index is -0.296. The second-order valence-electron chi connectivity index (χ2n) is 4.12. The van der Waals surface area contributed by atoms with E-state index < -0.39 is 0 Å². The second-order valence-corrected chi connectivity index (χ2v) is 4.12. The summed E-state index contributed by atoms with van der Waals surface area (Å²) in [6.07, 6.45) is 5.21. The van der Waals surface area contributed by atoms with Crippen LogP contribution in [0, 0.1) is 0 Å². The van der Waals surface area contributed by atoms with Gasteiger partial charge in [0.15, 0.2) is 0 Å². The van der Waals surface area contributed by atoms with Crippen molar-refractivity contribution in [3.8, 4) is 5.95 Å². The SMILES string of the molecule is NC(=O)CCCCNc1nc(N)nc(-n2cccn2)n1. The molecule has 9 heteroatoms. The highest BCUT2D eigenvalue weighted by Crippen LogP contribution is 2.06. The maximum Gasteiger partial charge on any atom is 0.257 e. The number of nitrogens with zero attached hydrogens (tertiary/aromatic N) is 5. The molecule has 0 unspecified atom stereocenters. The second kappa shape index (κ2) is 6.45. The van der Waals surface area contributed by atoms with E-state index in [4.69, 9.17) is 11.5 Å². The molecule has 20 heavy (non-hydrogen) atoms. The Kier molecular flexibility index (Phi) is 4.43. The van der Waals surface area contributed by atoms with E-state index in [1.165, 1.54) is 4.68 Å². The largest absolute Gasteiger partial charge is 0.370 e. The van der Waals surface area contributed by atoms with Crippen molar-refractivity contribution in [2.24, 2.45) is 5.73 Å². The molecule has 0 atom stereocenters. The van der Waals surface area contributed by atoms with Crippen LogP contribution in [0.3, 0.4) is 0 Å². The van der Waals surface area contributed by atoms with Gasteiger partial charge in [-0.3, -0.25) is 4.79 Å². The Labute approximate surface area is 115 Å². The smallest absolute Gasteiger partial charge is 0.257 e. The van der Waals surface area contributed by atoms with Gasteiger partial charge in [0, 0.05) is 25.4 Å². The lowest BCUT2D eigenvalue weighted by Gasteiger charge is -2.06. The lowest BCUT2D eigenvalue weighted by Crippen LogP contribution is -2.13. The number of unbranched alkanes of at least 4 members (excludes halogenated alkanes) is 1. The molecule has 0 spiro atoms. The Hall–Kier alpha value is -2.71. The average molecular weight is 276 g/mol. The van der Waals surface area contributed by atoms with Crippen LogP contribution in [0.4, 0.5) is 11.9 Å². The van der Waals surface area contributed by atoms with Crippen molar-refractivity contribution in [1.29, 1.82) is 0 Å². The van der Waals surface area contributed by atoms with Crippen LogP contribution in [0.2, 0.25) is 0 Å². The van der Waals surface area contributed by atoms with E-state index in [-0.39, 0.29) is 11.9 Å². The quantitative estimate of drug-likeness (QED) is 0.590. The normalized spacial score (nSPS) is 10.4. The summed E-state index contributed by atoms with van der Waals surface area (Å²) in [4.78, 5) is 22.8. The third kappa shape index (κ3) is 3.90. The van der Waals surface area contributed by atoms with Crippen molar-refractivity contribution in [2.75, 3.05) is 17.6 Å². The molecule has 5 N–H and O–H groups in total. The molecule has 2 aromatic heterocycles. The molecular formula is C11H16N8O. The predicted molar refractivity (Wildman–Crippen MR) is 72.9 cm³/mol. The van der Waals surface area contributed by atoms with E-state index in [0.29, 0.717) is 24.9 Å². The number of hydrogen-bond acceptors (Lipinski definition) is 7. The van der Waals surface area contributed by atoms with Crippen LogP contribution in [-0.2, 0) is 4.79 Å². The van der Waals surface area contributed by atoms with E-state index >= 15 is 0 Å². The van der Waals surface area contributed by atoms with Gasteiger partial charge in [0.1, 0.15) is 0 Å². The molecule has 0 saturated carbocycles. The third-order valence-electron chi connectivity index (χ3n) is 2.48. The third-order valence-corrected chi connectivity index (χ3v) is 2.48. The summed E-state index contributed by atoms with van der Waals surface area (Å²) in [7, 11) is 0. The highest BCUT2D eigenvalue weighted by Gasteiger charge is 2.06. The fourth-order valence-corrected chi connectivity index (χ4v) is 1.57.